The molecule has 136 valence electrons. The van der Waals surface area contributed by atoms with Crippen molar-refractivity contribution in [1.29, 1.82) is 0 Å². The lowest BCUT2D eigenvalue weighted by Gasteiger charge is -2.25. The lowest BCUT2D eigenvalue weighted by atomic mass is 9.87. The van der Waals surface area contributed by atoms with Gasteiger partial charge in [-0.1, -0.05) is 37.3 Å². The molecule has 0 saturated carbocycles. The fraction of sp³-hybridized carbons (Fsp3) is 0.300. The summed E-state index contributed by atoms with van der Waals surface area (Å²) >= 11 is 0. The number of hydrogen-bond acceptors (Lipinski definition) is 3. The number of amides is 3. The Hall–Kier alpha value is -2.89. The predicted molar refractivity (Wildman–Crippen MR) is 95.2 cm³/mol. The van der Waals surface area contributed by atoms with Crippen LogP contribution in [0.1, 0.15) is 25.3 Å². The van der Waals surface area contributed by atoms with Gasteiger partial charge in [0.05, 0.1) is 6.61 Å². The third-order valence-electron chi connectivity index (χ3n) is 4.58. The van der Waals surface area contributed by atoms with E-state index in [2.05, 4.69) is 5.32 Å². The van der Waals surface area contributed by atoms with Crippen molar-refractivity contribution >= 4 is 11.9 Å². The first-order chi connectivity index (χ1) is 12.6. The van der Waals surface area contributed by atoms with E-state index in [1.165, 1.54) is 17.0 Å². The summed E-state index contributed by atoms with van der Waals surface area (Å²) in [7, 11) is 0. The van der Waals surface area contributed by atoms with Gasteiger partial charge in [0.1, 0.15) is 17.1 Å². The van der Waals surface area contributed by atoms with Crippen molar-refractivity contribution in [3.63, 3.8) is 0 Å². The number of rotatable bonds is 7. The van der Waals surface area contributed by atoms with Gasteiger partial charge < -0.3 is 10.1 Å². The normalized spacial score (nSPS) is 19.5. The molecule has 1 aliphatic heterocycles. The van der Waals surface area contributed by atoms with Crippen molar-refractivity contribution in [3.05, 3.63) is 66.0 Å². The Morgan fingerprint density at radius 2 is 1.77 bits per heavy atom. The molecule has 1 heterocycles. The van der Waals surface area contributed by atoms with E-state index >= 15 is 0 Å². The van der Waals surface area contributed by atoms with Crippen molar-refractivity contribution in [2.75, 3.05) is 13.2 Å². The number of ether oxygens (including phenoxy) is 1. The number of nitrogens with zero attached hydrogens (tertiary/aromatic N) is 1. The first kappa shape index (κ1) is 17.9. The lowest BCUT2D eigenvalue weighted by Crippen LogP contribution is -2.43. The SMILES string of the molecule is CCC1(c2ccccc2)NC(=O)N(CCCOc2ccc(F)cc2)C1=O. The summed E-state index contributed by atoms with van der Waals surface area (Å²) in [5.74, 6) is -0.0118. The average molecular weight is 356 g/mol. The van der Waals surface area contributed by atoms with Crippen molar-refractivity contribution in [2.24, 2.45) is 0 Å². The van der Waals surface area contributed by atoms with Gasteiger partial charge in [0.15, 0.2) is 0 Å². The lowest BCUT2D eigenvalue weighted by molar-refractivity contribution is -0.131. The summed E-state index contributed by atoms with van der Waals surface area (Å²) in [6, 6.07) is 14.6. The molecular weight excluding hydrogens is 335 g/mol. The molecule has 0 spiro atoms. The van der Waals surface area contributed by atoms with E-state index < -0.39 is 5.54 Å². The Morgan fingerprint density at radius 1 is 1.08 bits per heavy atom. The Bertz CT molecular complexity index is 779. The molecule has 3 amide bonds. The van der Waals surface area contributed by atoms with Crippen LogP contribution in [0, 0.1) is 5.82 Å². The first-order valence-corrected chi connectivity index (χ1v) is 8.65. The van der Waals surface area contributed by atoms with E-state index in [4.69, 9.17) is 4.74 Å². The molecule has 0 bridgehead atoms. The second-order valence-corrected chi connectivity index (χ2v) is 6.17. The molecule has 1 aliphatic rings. The van der Waals surface area contributed by atoms with E-state index in [0.717, 1.165) is 5.56 Å². The van der Waals surface area contributed by atoms with Crippen LogP contribution in [-0.2, 0) is 10.3 Å². The molecule has 5 nitrogen and oxygen atoms in total. The minimum Gasteiger partial charge on any atom is -0.494 e. The van der Waals surface area contributed by atoms with Gasteiger partial charge in [-0.2, -0.15) is 0 Å². The molecule has 1 atom stereocenters. The second-order valence-electron chi connectivity index (χ2n) is 6.17. The van der Waals surface area contributed by atoms with Crippen LogP contribution in [0.25, 0.3) is 0 Å². The highest BCUT2D eigenvalue weighted by Crippen LogP contribution is 2.32. The molecule has 0 radical (unpaired) electrons. The van der Waals surface area contributed by atoms with Crippen molar-refractivity contribution in [3.8, 4) is 5.75 Å². The van der Waals surface area contributed by atoms with Gasteiger partial charge in [0.2, 0.25) is 0 Å². The third kappa shape index (κ3) is 3.40. The summed E-state index contributed by atoms with van der Waals surface area (Å²) < 4.78 is 18.4. The minimum atomic E-state index is -1.00. The quantitative estimate of drug-likeness (QED) is 0.611. The number of halogens is 1. The Kier molecular flexibility index (Phi) is 5.21. The highest BCUT2D eigenvalue weighted by molar-refractivity contribution is 6.07. The second kappa shape index (κ2) is 7.56. The Balaban J connectivity index is 1.61. The first-order valence-electron chi connectivity index (χ1n) is 8.65. The summed E-state index contributed by atoms with van der Waals surface area (Å²) in [4.78, 5) is 26.5. The average Bonchev–Trinajstić information content (AvgIpc) is 2.92. The van der Waals surface area contributed by atoms with E-state index in [9.17, 15) is 14.0 Å². The molecule has 1 N–H and O–H groups in total. The highest BCUT2D eigenvalue weighted by atomic mass is 19.1. The fourth-order valence-electron chi connectivity index (χ4n) is 3.13. The van der Waals surface area contributed by atoms with Crippen LogP contribution < -0.4 is 10.1 Å². The standard InChI is InChI=1S/C20H21FN2O3/c1-2-20(15-7-4-3-5-8-15)18(24)23(19(25)22-20)13-6-14-26-17-11-9-16(21)10-12-17/h3-5,7-12H,2,6,13-14H2,1H3,(H,22,25). The van der Waals surface area contributed by atoms with Gasteiger partial charge in [0, 0.05) is 6.54 Å². The molecule has 26 heavy (non-hydrogen) atoms. The summed E-state index contributed by atoms with van der Waals surface area (Å²) in [6.07, 6.45) is 0.968. The van der Waals surface area contributed by atoms with E-state index in [1.54, 1.807) is 12.1 Å². The molecule has 0 aliphatic carbocycles. The topological polar surface area (TPSA) is 58.6 Å². The number of benzene rings is 2. The van der Waals surface area contributed by atoms with Crippen LogP contribution in [0.5, 0.6) is 5.75 Å². The van der Waals surface area contributed by atoms with Crippen molar-refractivity contribution < 1.29 is 18.7 Å². The summed E-state index contributed by atoms with van der Waals surface area (Å²) in [6.45, 7) is 2.47. The number of carbonyl (C=O) groups is 2. The number of nitrogens with one attached hydrogen (secondary N) is 1. The van der Waals surface area contributed by atoms with Crippen LogP contribution in [-0.4, -0.2) is 30.0 Å². The molecule has 0 aromatic heterocycles. The molecule has 1 unspecified atom stereocenters. The number of carbonyl (C=O) groups excluding carboxylic acids is 2. The van der Waals surface area contributed by atoms with E-state index in [1.807, 2.05) is 37.3 Å². The molecule has 6 heteroatoms. The monoisotopic (exact) mass is 356 g/mol. The maximum Gasteiger partial charge on any atom is 0.325 e. The van der Waals surface area contributed by atoms with Gasteiger partial charge in [-0.05, 0) is 42.7 Å². The van der Waals surface area contributed by atoms with Gasteiger partial charge >= 0.3 is 6.03 Å². The molecule has 2 aromatic rings. The van der Waals surface area contributed by atoms with Crippen molar-refractivity contribution in [1.82, 2.24) is 10.2 Å². The molecule has 1 saturated heterocycles. The Morgan fingerprint density at radius 3 is 2.42 bits per heavy atom. The van der Waals surface area contributed by atoms with Gasteiger partial charge in [-0.25, -0.2) is 9.18 Å². The van der Waals surface area contributed by atoms with E-state index in [0.29, 0.717) is 25.2 Å². The largest absolute Gasteiger partial charge is 0.494 e. The van der Waals surface area contributed by atoms with Crippen LogP contribution in [0.3, 0.4) is 0 Å². The highest BCUT2D eigenvalue weighted by Gasteiger charge is 2.50. The minimum absolute atomic E-state index is 0.238. The van der Waals surface area contributed by atoms with Crippen LogP contribution in [0.2, 0.25) is 0 Å². The molecule has 2 aromatic carbocycles. The predicted octanol–water partition coefficient (Wildman–Crippen LogP) is 3.45. The van der Waals surface area contributed by atoms with Crippen LogP contribution in [0.4, 0.5) is 9.18 Å². The maximum absolute atomic E-state index is 12.9. The van der Waals surface area contributed by atoms with Gasteiger partial charge in [0.25, 0.3) is 5.91 Å². The van der Waals surface area contributed by atoms with Crippen LogP contribution in [0.15, 0.2) is 54.6 Å². The molecule has 1 fully saturated rings. The van der Waals surface area contributed by atoms with Crippen molar-refractivity contribution in [2.45, 2.75) is 25.3 Å². The zero-order chi connectivity index (χ0) is 18.6. The van der Waals surface area contributed by atoms with Crippen LogP contribution >= 0.6 is 0 Å². The molecule has 3 rings (SSSR count). The number of imide groups is 1. The third-order valence-corrected chi connectivity index (χ3v) is 4.58. The van der Waals surface area contributed by atoms with E-state index in [-0.39, 0.29) is 24.3 Å². The smallest absolute Gasteiger partial charge is 0.325 e. The van der Waals surface area contributed by atoms with Gasteiger partial charge in [-0.15, -0.1) is 0 Å². The number of urea groups is 1. The maximum atomic E-state index is 12.9. The van der Waals surface area contributed by atoms with Gasteiger partial charge in [-0.3, -0.25) is 9.69 Å². The zero-order valence-corrected chi connectivity index (χ0v) is 14.6. The number of hydrogen-bond donors (Lipinski definition) is 1. The summed E-state index contributed by atoms with van der Waals surface area (Å²) in [5.41, 5.74) is -0.221. The Labute approximate surface area is 151 Å². The fourth-order valence-corrected chi connectivity index (χ4v) is 3.13. The molecular formula is C20H21FN2O3. The summed E-state index contributed by atoms with van der Waals surface area (Å²) in [5, 5.41) is 2.85. The zero-order valence-electron chi connectivity index (χ0n) is 14.6.